The number of ether oxygens (including phenoxy) is 1. The van der Waals surface area contributed by atoms with Crippen LogP contribution in [0, 0.1) is 0 Å². The molecule has 0 spiro atoms. The summed E-state index contributed by atoms with van der Waals surface area (Å²) in [6.07, 6.45) is 3.69. The molecule has 94 valence electrons. The highest BCUT2D eigenvalue weighted by Crippen LogP contribution is 2.04. The Morgan fingerprint density at radius 1 is 1.12 bits per heavy atom. The zero-order valence-electron chi connectivity index (χ0n) is 10.1. The van der Waals surface area contributed by atoms with Crippen molar-refractivity contribution < 1.29 is 9.53 Å². The van der Waals surface area contributed by atoms with Gasteiger partial charge in [0.25, 0.3) is 0 Å². The molecule has 2 nitrogen and oxygen atoms in total. The van der Waals surface area contributed by atoms with Crippen molar-refractivity contribution >= 4 is 18.0 Å². The van der Waals surface area contributed by atoms with Crippen LogP contribution in [0.2, 0.25) is 0 Å². The summed E-state index contributed by atoms with van der Waals surface area (Å²) in [5, 5.41) is 0. The van der Waals surface area contributed by atoms with Crippen LogP contribution in [-0.2, 0) is 16.0 Å². The van der Waals surface area contributed by atoms with Gasteiger partial charge in [0.15, 0.2) is 0 Å². The van der Waals surface area contributed by atoms with Gasteiger partial charge in [-0.05, 0) is 29.9 Å². The Balaban J connectivity index is 1.86. The van der Waals surface area contributed by atoms with Crippen LogP contribution in [0.25, 0.3) is 0 Å². The first-order chi connectivity index (χ1) is 8.43. The molecule has 0 fully saturated rings. The monoisotopic (exact) mass is 252 g/mol. The Morgan fingerprint density at radius 3 is 2.71 bits per heavy atom. The maximum Gasteiger partial charge on any atom is 0.120 e. The fourth-order valence-corrected chi connectivity index (χ4v) is 2.22. The zero-order valence-corrected chi connectivity index (χ0v) is 11.0. The van der Waals surface area contributed by atoms with Gasteiger partial charge in [-0.2, -0.15) is 11.8 Å². The molecule has 0 aliphatic carbocycles. The molecule has 0 aliphatic heterocycles. The molecule has 0 amide bonds. The van der Waals surface area contributed by atoms with Crippen LogP contribution < -0.4 is 0 Å². The molecule has 0 bridgehead atoms. The minimum Gasteiger partial charge on any atom is -0.381 e. The predicted octanol–water partition coefficient (Wildman–Crippen LogP) is 2.96. The maximum atomic E-state index is 10.1. The third-order valence-electron chi connectivity index (χ3n) is 2.34. The Kier molecular flexibility index (Phi) is 8.69. The second-order valence-electron chi connectivity index (χ2n) is 3.77. The maximum absolute atomic E-state index is 10.1. The molecule has 0 saturated carbocycles. The summed E-state index contributed by atoms with van der Waals surface area (Å²) in [6.45, 7) is 1.62. The van der Waals surface area contributed by atoms with E-state index >= 15 is 0 Å². The highest BCUT2D eigenvalue weighted by Gasteiger charge is 1.93. The second-order valence-corrected chi connectivity index (χ2v) is 4.99. The number of thioether (sulfide) groups is 1. The molecule has 0 N–H and O–H groups in total. The third kappa shape index (κ3) is 8.00. The molecular formula is C14H20O2S. The van der Waals surface area contributed by atoms with Crippen molar-refractivity contribution in [2.24, 2.45) is 0 Å². The molecular weight excluding hydrogens is 232 g/mol. The van der Waals surface area contributed by atoms with E-state index in [4.69, 9.17) is 4.74 Å². The lowest BCUT2D eigenvalue weighted by Crippen LogP contribution is -2.01. The van der Waals surface area contributed by atoms with Crippen LogP contribution >= 0.6 is 11.8 Å². The molecule has 0 unspecified atom stereocenters. The fourth-order valence-electron chi connectivity index (χ4n) is 1.43. The van der Waals surface area contributed by atoms with Gasteiger partial charge in [-0.1, -0.05) is 30.3 Å². The quantitative estimate of drug-likeness (QED) is 0.473. The second kappa shape index (κ2) is 10.4. The molecule has 0 aliphatic rings. The predicted molar refractivity (Wildman–Crippen MR) is 73.6 cm³/mol. The minimum absolute atomic E-state index is 0.666. The summed E-state index contributed by atoms with van der Waals surface area (Å²) in [5.41, 5.74) is 1.33. The lowest BCUT2D eigenvalue weighted by molar-refractivity contribution is -0.107. The van der Waals surface area contributed by atoms with E-state index in [1.165, 1.54) is 5.56 Å². The van der Waals surface area contributed by atoms with E-state index < -0.39 is 0 Å². The van der Waals surface area contributed by atoms with Crippen molar-refractivity contribution in [1.82, 2.24) is 0 Å². The van der Waals surface area contributed by atoms with Crippen molar-refractivity contribution in [1.29, 1.82) is 0 Å². The number of carbonyl (C=O) groups is 1. The van der Waals surface area contributed by atoms with Crippen LogP contribution in [0.1, 0.15) is 18.4 Å². The SMILES string of the molecule is O=CCCSCCCOCCc1ccccc1. The Hall–Kier alpha value is -0.800. The fraction of sp³-hybridized carbons (Fsp3) is 0.500. The number of rotatable bonds is 10. The van der Waals surface area contributed by atoms with E-state index in [9.17, 15) is 4.79 Å². The molecule has 3 heteroatoms. The van der Waals surface area contributed by atoms with E-state index in [2.05, 4.69) is 24.3 Å². The Bertz CT molecular complexity index is 288. The van der Waals surface area contributed by atoms with Gasteiger partial charge in [0.2, 0.25) is 0 Å². The average molecular weight is 252 g/mol. The van der Waals surface area contributed by atoms with E-state index in [1.54, 1.807) is 0 Å². The van der Waals surface area contributed by atoms with Crippen molar-refractivity contribution in [3.05, 3.63) is 35.9 Å². The van der Waals surface area contributed by atoms with Gasteiger partial charge in [0.05, 0.1) is 6.61 Å². The van der Waals surface area contributed by atoms with Gasteiger partial charge in [0.1, 0.15) is 6.29 Å². The molecule has 0 saturated heterocycles. The number of hydrogen-bond donors (Lipinski definition) is 0. The zero-order chi connectivity index (χ0) is 12.2. The number of carbonyl (C=O) groups excluding carboxylic acids is 1. The van der Waals surface area contributed by atoms with Crippen LogP contribution in [-0.4, -0.2) is 31.0 Å². The van der Waals surface area contributed by atoms with Crippen molar-refractivity contribution in [2.45, 2.75) is 19.3 Å². The van der Waals surface area contributed by atoms with E-state index in [-0.39, 0.29) is 0 Å². The standard InChI is InChI=1S/C14H20O2S/c15-9-4-12-17-13-5-10-16-11-8-14-6-2-1-3-7-14/h1-3,6-7,9H,4-5,8,10-13H2. The molecule has 17 heavy (non-hydrogen) atoms. The molecule has 1 aromatic carbocycles. The van der Waals surface area contributed by atoms with E-state index in [0.717, 1.165) is 43.8 Å². The lowest BCUT2D eigenvalue weighted by Gasteiger charge is -2.04. The van der Waals surface area contributed by atoms with Gasteiger partial charge in [0, 0.05) is 13.0 Å². The Labute approximate surface area is 108 Å². The lowest BCUT2D eigenvalue weighted by atomic mass is 10.2. The average Bonchev–Trinajstić information content (AvgIpc) is 2.38. The van der Waals surface area contributed by atoms with Crippen LogP contribution in [0.3, 0.4) is 0 Å². The molecule has 0 heterocycles. The normalized spacial score (nSPS) is 10.4. The number of hydrogen-bond acceptors (Lipinski definition) is 3. The topological polar surface area (TPSA) is 26.3 Å². The van der Waals surface area contributed by atoms with Gasteiger partial charge in [-0.3, -0.25) is 0 Å². The smallest absolute Gasteiger partial charge is 0.120 e. The summed E-state index contributed by atoms with van der Waals surface area (Å²) >= 11 is 1.82. The van der Waals surface area contributed by atoms with Crippen LogP contribution in [0.4, 0.5) is 0 Å². The summed E-state index contributed by atoms with van der Waals surface area (Å²) in [5.74, 6) is 2.02. The van der Waals surface area contributed by atoms with Crippen molar-refractivity contribution in [3.8, 4) is 0 Å². The van der Waals surface area contributed by atoms with Gasteiger partial charge >= 0.3 is 0 Å². The summed E-state index contributed by atoms with van der Waals surface area (Å²) < 4.78 is 5.56. The Morgan fingerprint density at radius 2 is 1.94 bits per heavy atom. The van der Waals surface area contributed by atoms with Crippen molar-refractivity contribution in [3.63, 3.8) is 0 Å². The largest absolute Gasteiger partial charge is 0.381 e. The summed E-state index contributed by atoms with van der Waals surface area (Å²) in [7, 11) is 0. The number of benzene rings is 1. The summed E-state index contributed by atoms with van der Waals surface area (Å²) in [6, 6.07) is 10.4. The number of aldehydes is 1. The van der Waals surface area contributed by atoms with Crippen LogP contribution in [0.15, 0.2) is 30.3 Å². The van der Waals surface area contributed by atoms with E-state index in [1.807, 2.05) is 17.8 Å². The highest BCUT2D eigenvalue weighted by molar-refractivity contribution is 7.99. The van der Waals surface area contributed by atoms with Gasteiger partial charge < -0.3 is 9.53 Å². The molecule has 0 radical (unpaired) electrons. The summed E-state index contributed by atoms with van der Waals surface area (Å²) in [4.78, 5) is 10.1. The molecule has 1 rings (SSSR count). The van der Waals surface area contributed by atoms with E-state index in [0.29, 0.717) is 6.42 Å². The van der Waals surface area contributed by atoms with Gasteiger partial charge in [-0.25, -0.2) is 0 Å². The molecule has 1 aromatic rings. The first-order valence-corrected chi connectivity index (χ1v) is 7.22. The first-order valence-electron chi connectivity index (χ1n) is 6.06. The van der Waals surface area contributed by atoms with Gasteiger partial charge in [-0.15, -0.1) is 0 Å². The molecule has 0 atom stereocenters. The first kappa shape index (κ1) is 14.3. The van der Waals surface area contributed by atoms with Crippen LogP contribution in [0.5, 0.6) is 0 Å². The molecule has 0 aromatic heterocycles. The van der Waals surface area contributed by atoms with Crippen molar-refractivity contribution in [2.75, 3.05) is 24.7 Å². The highest BCUT2D eigenvalue weighted by atomic mass is 32.2. The third-order valence-corrected chi connectivity index (χ3v) is 3.44. The minimum atomic E-state index is 0.666.